The average molecular weight is 330 g/mol. The predicted octanol–water partition coefficient (Wildman–Crippen LogP) is 4.60. The number of rotatable bonds is 5. The monoisotopic (exact) mass is 330 g/mol. The van der Waals surface area contributed by atoms with Gasteiger partial charge in [-0.05, 0) is 36.2 Å². The number of carbonyl (C=O) groups is 1. The van der Waals surface area contributed by atoms with Crippen molar-refractivity contribution in [3.63, 3.8) is 0 Å². The normalized spacial score (nSPS) is 33.7. The highest BCUT2D eigenvalue weighted by atomic mass is 16.6. The molecule has 0 radical (unpaired) electrons. The molecule has 1 aliphatic carbocycles. The molecule has 0 spiro atoms. The van der Waals surface area contributed by atoms with E-state index in [-0.39, 0.29) is 18.2 Å². The van der Waals surface area contributed by atoms with Crippen LogP contribution in [-0.2, 0) is 20.9 Å². The van der Waals surface area contributed by atoms with Crippen molar-refractivity contribution in [1.29, 1.82) is 0 Å². The first kappa shape index (κ1) is 17.5. The molecule has 1 aromatic rings. The lowest BCUT2D eigenvalue weighted by Gasteiger charge is -2.41. The molecule has 3 unspecified atom stereocenters. The number of carbonyl (C=O) groups excluding carboxylic acids is 1. The van der Waals surface area contributed by atoms with Gasteiger partial charge in [-0.1, -0.05) is 57.5 Å². The molecule has 0 N–H and O–H groups in total. The highest BCUT2D eigenvalue weighted by Crippen LogP contribution is 2.43. The van der Waals surface area contributed by atoms with Crippen LogP contribution in [0, 0.1) is 23.7 Å². The van der Waals surface area contributed by atoms with E-state index in [4.69, 9.17) is 9.47 Å². The Morgan fingerprint density at radius 1 is 1.21 bits per heavy atom. The summed E-state index contributed by atoms with van der Waals surface area (Å²) in [6.45, 7) is 7.46. The fourth-order valence-corrected chi connectivity index (χ4v) is 4.50. The molecular formula is C21H30O3. The van der Waals surface area contributed by atoms with E-state index in [0.29, 0.717) is 36.7 Å². The van der Waals surface area contributed by atoms with Crippen molar-refractivity contribution in [2.24, 2.45) is 23.7 Å². The number of hydrogen-bond acceptors (Lipinski definition) is 3. The molecule has 3 heteroatoms. The quantitative estimate of drug-likeness (QED) is 0.740. The molecule has 1 saturated heterocycles. The van der Waals surface area contributed by atoms with E-state index in [9.17, 15) is 4.79 Å². The van der Waals surface area contributed by atoms with Crippen LogP contribution in [0.4, 0.5) is 0 Å². The zero-order valence-electron chi connectivity index (χ0n) is 15.1. The molecule has 5 atom stereocenters. The summed E-state index contributed by atoms with van der Waals surface area (Å²) in [6.07, 6.45) is 3.89. The first-order chi connectivity index (χ1) is 11.5. The molecule has 0 bridgehead atoms. The van der Waals surface area contributed by atoms with Crippen molar-refractivity contribution in [2.45, 2.75) is 65.3 Å². The second-order valence-corrected chi connectivity index (χ2v) is 7.98. The lowest BCUT2D eigenvalue weighted by Crippen LogP contribution is -2.41. The standard InChI is InChI=1S/C21H30O3/c1-14(2)17-10-9-15(3)11-18(17)21-19(12-20(22)24-21)23-13-16-7-5-4-6-8-16/h4-8,14-15,17-19,21H,9-13H2,1-3H3/t15?,17?,18?,19-,21+/m1/s1. The van der Waals surface area contributed by atoms with Crippen LogP contribution in [0.25, 0.3) is 0 Å². The highest BCUT2D eigenvalue weighted by molar-refractivity contribution is 5.72. The lowest BCUT2D eigenvalue weighted by molar-refractivity contribution is -0.147. The van der Waals surface area contributed by atoms with Gasteiger partial charge in [-0.25, -0.2) is 0 Å². The van der Waals surface area contributed by atoms with Crippen LogP contribution in [-0.4, -0.2) is 18.2 Å². The summed E-state index contributed by atoms with van der Waals surface area (Å²) in [4.78, 5) is 12.0. The topological polar surface area (TPSA) is 35.5 Å². The summed E-state index contributed by atoms with van der Waals surface area (Å²) in [5.41, 5.74) is 1.15. The summed E-state index contributed by atoms with van der Waals surface area (Å²) in [5, 5.41) is 0. The molecule has 2 aliphatic rings. The lowest BCUT2D eigenvalue weighted by atomic mass is 9.67. The summed E-state index contributed by atoms with van der Waals surface area (Å²) in [6, 6.07) is 10.2. The molecule has 0 aromatic heterocycles. The van der Waals surface area contributed by atoms with E-state index in [1.54, 1.807) is 0 Å². The smallest absolute Gasteiger partial charge is 0.308 e. The van der Waals surface area contributed by atoms with Gasteiger partial charge in [0.2, 0.25) is 0 Å². The Labute approximate surface area is 145 Å². The van der Waals surface area contributed by atoms with Gasteiger partial charge >= 0.3 is 5.97 Å². The summed E-state index contributed by atoms with van der Waals surface area (Å²) in [7, 11) is 0. The Morgan fingerprint density at radius 2 is 1.96 bits per heavy atom. The first-order valence-corrected chi connectivity index (χ1v) is 9.39. The van der Waals surface area contributed by atoms with E-state index >= 15 is 0 Å². The molecule has 132 valence electrons. The number of esters is 1. The number of benzene rings is 1. The summed E-state index contributed by atoms with van der Waals surface area (Å²) < 4.78 is 11.9. The van der Waals surface area contributed by atoms with Gasteiger partial charge in [0.25, 0.3) is 0 Å². The number of ether oxygens (including phenoxy) is 2. The van der Waals surface area contributed by atoms with E-state index in [2.05, 4.69) is 32.9 Å². The van der Waals surface area contributed by atoms with Crippen LogP contribution in [0.15, 0.2) is 30.3 Å². The summed E-state index contributed by atoms with van der Waals surface area (Å²) >= 11 is 0. The zero-order valence-corrected chi connectivity index (χ0v) is 15.1. The zero-order chi connectivity index (χ0) is 17.1. The van der Waals surface area contributed by atoms with Crippen molar-refractivity contribution >= 4 is 5.97 Å². The Morgan fingerprint density at radius 3 is 2.67 bits per heavy atom. The van der Waals surface area contributed by atoms with Crippen LogP contribution in [0.3, 0.4) is 0 Å². The van der Waals surface area contributed by atoms with E-state index in [1.807, 2.05) is 18.2 Å². The van der Waals surface area contributed by atoms with E-state index in [0.717, 1.165) is 12.0 Å². The third-order valence-corrected chi connectivity index (χ3v) is 5.80. The summed E-state index contributed by atoms with van der Waals surface area (Å²) in [5.74, 6) is 2.29. The molecular weight excluding hydrogens is 300 g/mol. The third kappa shape index (κ3) is 4.00. The van der Waals surface area contributed by atoms with Gasteiger partial charge in [-0.15, -0.1) is 0 Å². The maximum atomic E-state index is 12.0. The minimum Gasteiger partial charge on any atom is -0.459 e. The fourth-order valence-electron chi connectivity index (χ4n) is 4.50. The largest absolute Gasteiger partial charge is 0.459 e. The van der Waals surface area contributed by atoms with Crippen molar-refractivity contribution in [2.75, 3.05) is 0 Å². The van der Waals surface area contributed by atoms with Crippen molar-refractivity contribution in [3.05, 3.63) is 35.9 Å². The predicted molar refractivity (Wildman–Crippen MR) is 94.3 cm³/mol. The highest BCUT2D eigenvalue weighted by Gasteiger charge is 2.46. The number of cyclic esters (lactones) is 1. The molecule has 2 fully saturated rings. The van der Waals surface area contributed by atoms with Crippen LogP contribution in [0.2, 0.25) is 0 Å². The third-order valence-electron chi connectivity index (χ3n) is 5.80. The van der Waals surface area contributed by atoms with Crippen molar-refractivity contribution in [1.82, 2.24) is 0 Å². The SMILES string of the molecule is CC1CCC(C(C)C)C([C@@H]2OC(=O)C[C@H]2OCc2ccccc2)C1. The maximum absolute atomic E-state index is 12.0. The van der Waals surface area contributed by atoms with Crippen LogP contribution in [0.1, 0.15) is 52.0 Å². The molecule has 24 heavy (non-hydrogen) atoms. The van der Waals surface area contributed by atoms with Gasteiger partial charge in [0.15, 0.2) is 0 Å². The van der Waals surface area contributed by atoms with Gasteiger partial charge < -0.3 is 9.47 Å². The van der Waals surface area contributed by atoms with Crippen molar-refractivity contribution in [3.8, 4) is 0 Å². The van der Waals surface area contributed by atoms with Gasteiger partial charge in [0.05, 0.1) is 13.0 Å². The molecule has 3 nitrogen and oxygen atoms in total. The molecule has 3 rings (SSSR count). The first-order valence-electron chi connectivity index (χ1n) is 9.39. The van der Waals surface area contributed by atoms with Gasteiger partial charge in [-0.3, -0.25) is 4.79 Å². The number of hydrogen-bond donors (Lipinski definition) is 0. The molecule has 1 saturated carbocycles. The van der Waals surface area contributed by atoms with Crippen LogP contribution >= 0.6 is 0 Å². The second-order valence-electron chi connectivity index (χ2n) is 7.98. The van der Waals surface area contributed by atoms with Gasteiger partial charge in [-0.2, -0.15) is 0 Å². The average Bonchev–Trinajstić information content (AvgIpc) is 2.94. The Kier molecular flexibility index (Phi) is 5.60. The maximum Gasteiger partial charge on any atom is 0.308 e. The minimum absolute atomic E-state index is 0.0728. The molecule has 1 heterocycles. The van der Waals surface area contributed by atoms with Crippen molar-refractivity contribution < 1.29 is 14.3 Å². The minimum atomic E-state index is -0.103. The van der Waals surface area contributed by atoms with E-state index in [1.165, 1.54) is 12.8 Å². The second kappa shape index (κ2) is 7.69. The van der Waals surface area contributed by atoms with Crippen LogP contribution < -0.4 is 0 Å². The molecule has 0 amide bonds. The van der Waals surface area contributed by atoms with Gasteiger partial charge in [0, 0.05) is 5.92 Å². The fraction of sp³-hybridized carbons (Fsp3) is 0.667. The Balaban J connectivity index is 1.70. The molecule has 1 aromatic carbocycles. The van der Waals surface area contributed by atoms with Gasteiger partial charge in [0.1, 0.15) is 12.2 Å². The Bertz CT molecular complexity index is 539. The van der Waals surface area contributed by atoms with E-state index < -0.39 is 0 Å². The Hall–Kier alpha value is -1.35. The molecule has 1 aliphatic heterocycles. The van der Waals surface area contributed by atoms with Crippen LogP contribution in [0.5, 0.6) is 0 Å².